The van der Waals surface area contributed by atoms with Gasteiger partial charge in [-0.1, -0.05) is 12.1 Å². The van der Waals surface area contributed by atoms with E-state index in [1.165, 1.54) is 24.3 Å². The third-order valence-corrected chi connectivity index (χ3v) is 5.76. The molecule has 2 aromatic heterocycles. The number of nitrogens with one attached hydrogen (secondary N) is 2. The Morgan fingerprint density at radius 2 is 1.88 bits per heavy atom. The number of aromatic amines is 2. The van der Waals surface area contributed by atoms with E-state index >= 15 is 0 Å². The Bertz CT molecular complexity index is 1360. The van der Waals surface area contributed by atoms with Crippen LogP contribution in [0.25, 0.3) is 22.3 Å². The van der Waals surface area contributed by atoms with E-state index in [9.17, 15) is 22.4 Å². The second-order valence-electron chi connectivity index (χ2n) is 7.88. The van der Waals surface area contributed by atoms with Crippen molar-refractivity contribution in [3.63, 3.8) is 0 Å². The lowest BCUT2D eigenvalue weighted by Gasteiger charge is -2.27. The van der Waals surface area contributed by atoms with Gasteiger partial charge in [-0.25, -0.2) is 9.37 Å². The molecule has 32 heavy (non-hydrogen) atoms. The van der Waals surface area contributed by atoms with E-state index in [2.05, 4.69) is 19.9 Å². The van der Waals surface area contributed by atoms with Gasteiger partial charge in [-0.2, -0.15) is 13.2 Å². The molecule has 5 rings (SSSR count). The number of fused-ring (bicyclic) bond motifs is 2. The number of aromatic nitrogens is 3. The Kier molecular flexibility index (Phi) is 4.85. The van der Waals surface area contributed by atoms with Crippen molar-refractivity contribution >= 4 is 10.9 Å². The summed E-state index contributed by atoms with van der Waals surface area (Å²) in [6.07, 6.45) is -2.05. The zero-order valence-corrected chi connectivity index (χ0v) is 16.8. The van der Waals surface area contributed by atoms with Crippen LogP contribution in [0.2, 0.25) is 0 Å². The van der Waals surface area contributed by atoms with E-state index in [1.807, 2.05) is 6.20 Å². The highest BCUT2D eigenvalue weighted by molar-refractivity contribution is 5.83. The summed E-state index contributed by atoms with van der Waals surface area (Å²) < 4.78 is 52.0. The maximum Gasteiger partial charge on any atom is 0.416 e. The molecule has 4 aromatic rings. The topological polar surface area (TPSA) is 64.8 Å². The molecular weight excluding hydrogens is 424 g/mol. The predicted octanol–water partition coefficient (Wildman–Crippen LogP) is 4.63. The van der Waals surface area contributed by atoms with Gasteiger partial charge >= 0.3 is 6.18 Å². The number of hydrogen-bond acceptors (Lipinski definition) is 3. The smallest absolute Gasteiger partial charge is 0.361 e. The van der Waals surface area contributed by atoms with E-state index < -0.39 is 11.7 Å². The van der Waals surface area contributed by atoms with Gasteiger partial charge in [0.05, 0.1) is 16.8 Å². The second-order valence-corrected chi connectivity index (χ2v) is 7.88. The fourth-order valence-electron chi connectivity index (χ4n) is 4.09. The molecule has 2 N–H and O–H groups in total. The summed E-state index contributed by atoms with van der Waals surface area (Å²) in [7, 11) is 0. The molecule has 9 heteroatoms. The maximum absolute atomic E-state index is 13.6. The minimum absolute atomic E-state index is 0.253. The molecule has 1 aliphatic heterocycles. The molecule has 0 fully saturated rings. The fraction of sp³-hybridized carbons (Fsp3) is 0.217. The molecule has 0 radical (unpaired) electrons. The lowest BCUT2D eigenvalue weighted by atomic mass is 10.0. The third-order valence-electron chi connectivity index (χ3n) is 5.76. The summed E-state index contributed by atoms with van der Waals surface area (Å²) in [5, 5.41) is 0.806. The van der Waals surface area contributed by atoms with E-state index in [-0.39, 0.29) is 17.2 Å². The van der Waals surface area contributed by atoms with Crippen LogP contribution in [0.4, 0.5) is 17.6 Å². The van der Waals surface area contributed by atoms with Gasteiger partial charge in [0, 0.05) is 48.7 Å². The van der Waals surface area contributed by atoms with Crippen LogP contribution in [0.15, 0.2) is 53.5 Å². The van der Waals surface area contributed by atoms with Crippen LogP contribution in [0, 0.1) is 5.82 Å². The Morgan fingerprint density at radius 1 is 1.09 bits per heavy atom. The van der Waals surface area contributed by atoms with Crippen LogP contribution < -0.4 is 5.56 Å². The summed E-state index contributed by atoms with van der Waals surface area (Å²) in [4.78, 5) is 25.2. The quantitative estimate of drug-likeness (QED) is 0.455. The van der Waals surface area contributed by atoms with Gasteiger partial charge in [0.1, 0.15) is 11.6 Å². The first-order valence-corrected chi connectivity index (χ1v) is 10.1. The van der Waals surface area contributed by atoms with Crippen molar-refractivity contribution in [1.82, 2.24) is 19.9 Å². The van der Waals surface area contributed by atoms with Crippen molar-refractivity contribution in [2.75, 3.05) is 6.54 Å². The number of benzene rings is 2. The highest BCUT2D eigenvalue weighted by Crippen LogP contribution is 2.30. The lowest BCUT2D eigenvalue weighted by Crippen LogP contribution is -2.35. The highest BCUT2D eigenvalue weighted by atomic mass is 19.4. The molecule has 0 saturated heterocycles. The van der Waals surface area contributed by atoms with Gasteiger partial charge in [-0.15, -0.1) is 0 Å². The first-order chi connectivity index (χ1) is 15.3. The molecule has 0 saturated carbocycles. The van der Waals surface area contributed by atoms with Crippen LogP contribution in [0.1, 0.15) is 22.4 Å². The maximum atomic E-state index is 13.6. The third kappa shape index (κ3) is 3.80. The first-order valence-electron chi connectivity index (χ1n) is 10.1. The minimum atomic E-state index is -4.42. The zero-order valence-electron chi connectivity index (χ0n) is 16.8. The Morgan fingerprint density at radius 3 is 2.62 bits per heavy atom. The summed E-state index contributed by atoms with van der Waals surface area (Å²) >= 11 is 0. The van der Waals surface area contributed by atoms with E-state index in [0.29, 0.717) is 42.9 Å². The molecule has 0 unspecified atom stereocenters. The van der Waals surface area contributed by atoms with E-state index in [4.69, 9.17) is 0 Å². The second kappa shape index (κ2) is 7.59. The minimum Gasteiger partial charge on any atom is -0.361 e. The van der Waals surface area contributed by atoms with Gasteiger partial charge in [0.25, 0.3) is 5.56 Å². The Balaban J connectivity index is 1.38. The van der Waals surface area contributed by atoms with Crippen molar-refractivity contribution in [2.24, 2.45) is 0 Å². The molecule has 5 nitrogen and oxygen atoms in total. The number of alkyl halides is 3. The Labute approximate surface area is 179 Å². The van der Waals surface area contributed by atoms with Crippen LogP contribution in [0.5, 0.6) is 0 Å². The van der Waals surface area contributed by atoms with Crippen molar-refractivity contribution in [3.05, 3.63) is 87.2 Å². The number of H-pyrrole nitrogens is 2. The molecule has 0 amide bonds. The molecule has 0 spiro atoms. The van der Waals surface area contributed by atoms with Crippen LogP contribution in [-0.2, 0) is 25.7 Å². The van der Waals surface area contributed by atoms with Gasteiger partial charge in [-0.05, 0) is 35.9 Å². The van der Waals surface area contributed by atoms with Crippen LogP contribution in [0.3, 0.4) is 0 Å². The average Bonchev–Trinajstić information content (AvgIpc) is 3.15. The molecule has 0 aliphatic carbocycles. The first kappa shape index (κ1) is 20.4. The van der Waals surface area contributed by atoms with Crippen LogP contribution in [-0.4, -0.2) is 26.4 Å². The lowest BCUT2D eigenvalue weighted by molar-refractivity contribution is -0.137. The molecule has 1 aliphatic rings. The van der Waals surface area contributed by atoms with Crippen molar-refractivity contribution in [1.29, 1.82) is 0 Å². The Hall–Kier alpha value is -3.46. The number of halogens is 4. The SMILES string of the molecule is O=c1[nH]c(-c2ccc(C(F)(F)F)cc2)nc2c1CN(Cc1c[nH]c3ccc(F)cc13)CC2. The largest absolute Gasteiger partial charge is 0.416 e. The summed E-state index contributed by atoms with van der Waals surface area (Å²) in [6.45, 7) is 1.58. The number of rotatable bonds is 3. The monoisotopic (exact) mass is 442 g/mol. The van der Waals surface area contributed by atoms with E-state index in [1.54, 1.807) is 6.07 Å². The van der Waals surface area contributed by atoms with Gasteiger partial charge in [0.15, 0.2) is 0 Å². The van der Waals surface area contributed by atoms with Gasteiger partial charge in [-0.3, -0.25) is 9.69 Å². The van der Waals surface area contributed by atoms with Crippen LogP contribution >= 0.6 is 0 Å². The number of hydrogen-bond donors (Lipinski definition) is 2. The molecule has 0 atom stereocenters. The predicted molar refractivity (Wildman–Crippen MR) is 111 cm³/mol. The summed E-state index contributed by atoms with van der Waals surface area (Å²) in [6, 6.07) is 9.14. The molecular formula is C23H18F4N4O. The number of nitrogens with zero attached hydrogens (tertiary/aromatic N) is 2. The fourth-order valence-corrected chi connectivity index (χ4v) is 4.09. The highest BCUT2D eigenvalue weighted by Gasteiger charge is 2.30. The van der Waals surface area contributed by atoms with Gasteiger partial charge < -0.3 is 9.97 Å². The molecule has 0 bridgehead atoms. The summed E-state index contributed by atoms with van der Waals surface area (Å²) in [5.74, 6) is -0.0539. The van der Waals surface area contributed by atoms with E-state index in [0.717, 1.165) is 28.6 Å². The molecule has 2 aromatic carbocycles. The zero-order chi connectivity index (χ0) is 22.5. The normalized spacial score (nSPS) is 14.6. The average molecular weight is 442 g/mol. The van der Waals surface area contributed by atoms with Gasteiger partial charge in [0.2, 0.25) is 0 Å². The summed E-state index contributed by atoms with van der Waals surface area (Å²) in [5.41, 5.74) is 2.33. The van der Waals surface area contributed by atoms with Crippen molar-refractivity contribution < 1.29 is 17.6 Å². The standard InChI is InChI=1S/C23H18F4N4O/c24-16-5-6-19-17(9-16)14(10-28-19)11-31-8-7-20-18(12-31)22(32)30-21(29-20)13-1-3-15(4-2-13)23(25,26)27/h1-6,9-10,28H,7-8,11-12H2,(H,29,30,32). The van der Waals surface area contributed by atoms with Crippen molar-refractivity contribution in [3.8, 4) is 11.4 Å². The molecule has 164 valence electrons. The van der Waals surface area contributed by atoms with Crippen molar-refractivity contribution in [2.45, 2.75) is 25.7 Å². The molecule has 3 heterocycles.